The molecule has 0 aliphatic rings. The topological polar surface area (TPSA) is 96.2 Å². The highest BCUT2D eigenvalue weighted by molar-refractivity contribution is 7.46. The molecule has 0 saturated carbocycles. The molecule has 0 bridgehead atoms. The summed E-state index contributed by atoms with van der Waals surface area (Å²) in [6, 6.07) is 0. The third-order valence-corrected chi connectivity index (χ3v) is 1.86. The van der Waals surface area contributed by atoms with Crippen LogP contribution in [-0.4, -0.2) is 40.6 Å². The highest BCUT2D eigenvalue weighted by Gasteiger charge is 2.38. The molecule has 13 heavy (non-hydrogen) atoms. The maximum Gasteiger partial charge on any atom is 0.469 e. The van der Waals surface area contributed by atoms with E-state index >= 15 is 0 Å². The van der Waals surface area contributed by atoms with E-state index in [1.54, 1.807) is 0 Å². The maximum atomic E-state index is 13.2. The lowest BCUT2D eigenvalue weighted by molar-refractivity contribution is -0.203. The Balaban J connectivity index is 4.22. The molecular formula is C5H12FO6P. The lowest BCUT2D eigenvalue weighted by atomic mass is 10.2. The van der Waals surface area contributed by atoms with Crippen LogP contribution in [0.4, 0.5) is 4.39 Å². The molecule has 0 saturated heterocycles. The number of hydrogen-bond acceptors (Lipinski definition) is 4. The third-order valence-electron chi connectivity index (χ3n) is 1.39. The minimum atomic E-state index is -4.75. The van der Waals surface area contributed by atoms with Crippen molar-refractivity contribution in [2.75, 3.05) is 13.7 Å². The van der Waals surface area contributed by atoms with Gasteiger partial charge in [0.25, 0.3) is 5.85 Å². The van der Waals surface area contributed by atoms with Gasteiger partial charge in [0, 0.05) is 7.11 Å². The summed E-state index contributed by atoms with van der Waals surface area (Å²) in [7, 11) is -3.79. The van der Waals surface area contributed by atoms with Crippen LogP contribution in [0.25, 0.3) is 0 Å². The van der Waals surface area contributed by atoms with Gasteiger partial charge in [-0.15, -0.1) is 0 Å². The molecule has 0 spiro atoms. The van der Waals surface area contributed by atoms with Crippen LogP contribution in [0, 0.1) is 0 Å². The molecule has 0 rings (SSSR count). The zero-order chi connectivity index (χ0) is 10.7. The second kappa shape index (κ2) is 4.45. The van der Waals surface area contributed by atoms with E-state index in [0.717, 1.165) is 14.0 Å². The highest BCUT2D eigenvalue weighted by Crippen LogP contribution is 2.37. The van der Waals surface area contributed by atoms with Crippen molar-refractivity contribution in [2.45, 2.75) is 18.9 Å². The number of hydrogen-bond donors (Lipinski definition) is 3. The van der Waals surface area contributed by atoms with E-state index in [1.807, 2.05) is 0 Å². The summed E-state index contributed by atoms with van der Waals surface area (Å²) in [5, 5.41) is 8.84. The first-order valence-corrected chi connectivity index (χ1v) is 4.86. The molecule has 2 atom stereocenters. The fraction of sp³-hybridized carbons (Fsp3) is 1.00. The van der Waals surface area contributed by atoms with Gasteiger partial charge in [0.2, 0.25) is 0 Å². The molecule has 0 heterocycles. The zero-order valence-electron chi connectivity index (χ0n) is 7.18. The molecule has 0 unspecified atom stereocenters. The SMILES string of the molecule is CO[C@](F)(COP(=O)(O)O)[C@H](C)O. The van der Waals surface area contributed by atoms with Crippen LogP contribution in [0.1, 0.15) is 6.92 Å². The van der Waals surface area contributed by atoms with Gasteiger partial charge >= 0.3 is 7.82 Å². The van der Waals surface area contributed by atoms with Gasteiger partial charge in [-0.1, -0.05) is 0 Å². The molecule has 3 N–H and O–H groups in total. The molecule has 0 aromatic heterocycles. The Hall–Kier alpha value is -0.0400. The van der Waals surface area contributed by atoms with Crippen molar-refractivity contribution in [1.29, 1.82) is 0 Å². The van der Waals surface area contributed by atoms with E-state index in [1.165, 1.54) is 0 Å². The summed E-state index contributed by atoms with van der Waals surface area (Å²) in [6.07, 6.45) is -1.55. The molecule has 8 heteroatoms. The number of ether oxygens (including phenoxy) is 1. The molecule has 0 aliphatic heterocycles. The molecule has 0 fully saturated rings. The second-order valence-corrected chi connectivity index (χ2v) is 3.67. The third kappa shape index (κ3) is 4.66. The lowest BCUT2D eigenvalue weighted by Gasteiger charge is -2.25. The van der Waals surface area contributed by atoms with Gasteiger partial charge in [-0.05, 0) is 6.92 Å². The molecular weight excluding hydrogens is 206 g/mol. The van der Waals surface area contributed by atoms with Crippen LogP contribution in [0.3, 0.4) is 0 Å². The normalized spacial score (nSPS) is 19.5. The number of aliphatic hydroxyl groups is 1. The Kier molecular flexibility index (Phi) is 4.44. The highest BCUT2D eigenvalue weighted by atomic mass is 31.2. The second-order valence-electron chi connectivity index (χ2n) is 2.43. The first-order chi connectivity index (χ1) is 5.71. The number of aliphatic hydroxyl groups excluding tert-OH is 1. The summed E-state index contributed by atoms with van der Waals surface area (Å²) in [4.78, 5) is 16.5. The van der Waals surface area contributed by atoms with Crippen molar-refractivity contribution < 1.29 is 33.1 Å². The summed E-state index contributed by atoms with van der Waals surface area (Å²) in [5.74, 6) is -2.61. The first-order valence-electron chi connectivity index (χ1n) is 3.33. The summed E-state index contributed by atoms with van der Waals surface area (Å²) >= 11 is 0. The number of halogens is 1. The Bertz CT molecular complexity index is 203. The molecule has 6 nitrogen and oxygen atoms in total. The fourth-order valence-corrected chi connectivity index (χ4v) is 0.866. The minimum absolute atomic E-state index is 0.954. The number of phosphoric ester groups is 1. The van der Waals surface area contributed by atoms with Crippen molar-refractivity contribution in [1.82, 2.24) is 0 Å². The van der Waals surface area contributed by atoms with E-state index in [-0.39, 0.29) is 0 Å². The average Bonchev–Trinajstić information content (AvgIpc) is 1.98. The zero-order valence-corrected chi connectivity index (χ0v) is 8.07. The van der Waals surface area contributed by atoms with E-state index < -0.39 is 26.4 Å². The Morgan fingerprint density at radius 2 is 2.08 bits per heavy atom. The first kappa shape index (κ1) is 13.0. The van der Waals surface area contributed by atoms with Crippen LogP contribution in [-0.2, 0) is 13.8 Å². The number of methoxy groups -OCH3 is 1. The predicted octanol–water partition coefficient (Wildman–Crippen LogP) is -0.211. The molecule has 0 aromatic rings. The lowest BCUT2D eigenvalue weighted by Crippen LogP contribution is -2.42. The van der Waals surface area contributed by atoms with Crippen molar-refractivity contribution in [3.63, 3.8) is 0 Å². The summed E-state index contributed by atoms with van der Waals surface area (Å²) < 4.78 is 31.5. The van der Waals surface area contributed by atoms with Crippen molar-refractivity contribution in [3.05, 3.63) is 0 Å². The number of rotatable bonds is 5. The monoisotopic (exact) mass is 218 g/mol. The maximum absolute atomic E-state index is 13.2. The van der Waals surface area contributed by atoms with Gasteiger partial charge in [-0.2, -0.15) is 0 Å². The fourth-order valence-electron chi connectivity index (χ4n) is 0.522. The van der Waals surface area contributed by atoms with Crippen LogP contribution in [0.5, 0.6) is 0 Å². The van der Waals surface area contributed by atoms with Crippen LogP contribution in [0.2, 0.25) is 0 Å². The van der Waals surface area contributed by atoms with Gasteiger partial charge in [0.05, 0.1) is 0 Å². The molecule has 80 valence electrons. The summed E-state index contributed by atoms with van der Waals surface area (Å²) in [6.45, 7) is 0.0397. The average molecular weight is 218 g/mol. The molecule has 0 aliphatic carbocycles. The Morgan fingerprint density at radius 3 is 2.31 bits per heavy atom. The largest absolute Gasteiger partial charge is 0.469 e. The van der Waals surface area contributed by atoms with Crippen molar-refractivity contribution in [2.24, 2.45) is 0 Å². The van der Waals surface area contributed by atoms with E-state index in [4.69, 9.17) is 14.9 Å². The molecule has 0 aromatic carbocycles. The standard InChI is InChI=1S/C5H12FO6P/c1-4(7)5(6,11-2)3-12-13(8,9)10/h4,7H,3H2,1-2H3,(H2,8,9,10)/t4-,5+/m0/s1. The number of phosphoric acid groups is 1. The van der Waals surface area contributed by atoms with Gasteiger partial charge in [-0.25, -0.2) is 8.96 Å². The Labute approximate surface area is 74.5 Å². The van der Waals surface area contributed by atoms with Gasteiger partial charge in [0.1, 0.15) is 12.7 Å². The predicted molar refractivity (Wildman–Crippen MR) is 40.5 cm³/mol. The van der Waals surface area contributed by atoms with E-state index in [2.05, 4.69) is 9.26 Å². The van der Waals surface area contributed by atoms with Crippen LogP contribution in [0.15, 0.2) is 0 Å². The van der Waals surface area contributed by atoms with Crippen LogP contribution < -0.4 is 0 Å². The quantitative estimate of drug-likeness (QED) is 0.552. The Morgan fingerprint density at radius 1 is 1.62 bits per heavy atom. The van der Waals surface area contributed by atoms with E-state index in [0.29, 0.717) is 0 Å². The van der Waals surface area contributed by atoms with Crippen LogP contribution >= 0.6 is 7.82 Å². The van der Waals surface area contributed by atoms with Crippen molar-refractivity contribution >= 4 is 7.82 Å². The molecule has 0 amide bonds. The van der Waals surface area contributed by atoms with Gasteiger partial charge < -0.3 is 19.6 Å². The molecule has 0 radical (unpaired) electrons. The smallest absolute Gasteiger partial charge is 0.387 e. The van der Waals surface area contributed by atoms with E-state index in [9.17, 15) is 8.96 Å². The summed E-state index contributed by atoms with van der Waals surface area (Å²) in [5.41, 5.74) is 0. The minimum Gasteiger partial charge on any atom is -0.387 e. The van der Waals surface area contributed by atoms with Gasteiger partial charge in [-0.3, -0.25) is 4.52 Å². The van der Waals surface area contributed by atoms with Gasteiger partial charge in [0.15, 0.2) is 0 Å². The van der Waals surface area contributed by atoms with Crippen molar-refractivity contribution in [3.8, 4) is 0 Å². The number of alkyl halides is 1.